The molecule has 23 heavy (non-hydrogen) atoms. The van der Waals surface area contributed by atoms with Crippen LogP contribution in [0.2, 0.25) is 0 Å². The molecule has 0 fully saturated rings. The zero-order valence-electron chi connectivity index (χ0n) is 13.3. The standard InChI is InChI=1S/C18H19NO4/c1-4-23-18(22)17-11(2)16(12(3)19-17)15(21)10-7-13-5-8-14(20)9-6-13/h5-10,19-20H,4H2,1-3H3/b10-7+. The van der Waals surface area contributed by atoms with Gasteiger partial charge in [0.15, 0.2) is 5.78 Å². The van der Waals surface area contributed by atoms with Crippen molar-refractivity contribution in [3.8, 4) is 5.75 Å². The molecule has 0 radical (unpaired) electrons. The summed E-state index contributed by atoms with van der Waals surface area (Å²) in [5.74, 6) is -0.487. The SMILES string of the molecule is CCOC(=O)c1[nH]c(C)c(C(=O)/C=C/c2ccc(O)cc2)c1C. The van der Waals surface area contributed by atoms with Crippen LogP contribution in [0.5, 0.6) is 5.75 Å². The molecule has 120 valence electrons. The number of hydrogen-bond acceptors (Lipinski definition) is 4. The first-order chi connectivity index (χ1) is 10.9. The minimum Gasteiger partial charge on any atom is -0.508 e. The number of nitrogens with one attached hydrogen (secondary N) is 1. The number of rotatable bonds is 5. The first kappa shape index (κ1) is 16.5. The second-order valence-electron chi connectivity index (χ2n) is 5.13. The molecule has 0 aliphatic rings. The summed E-state index contributed by atoms with van der Waals surface area (Å²) < 4.78 is 4.97. The Kier molecular flexibility index (Phi) is 5.01. The number of aryl methyl sites for hydroxylation is 1. The van der Waals surface area contributed by atoms with E-state index in [0.717, 1.165) is 5.56 Å². The molecule has 0 saturated carbocycles. The van der Waals surface area contributed by atoms with Gasteiger partial charge in [-0.15, -0.1) is 0 Å². The van der Waals surface area contributed by atoms with E-state index in [-0.39, 0.29) is 18.1 Å². The minimum atomic E-state index is -0.463. The molecule has 0 aliphatic carbocycles. The second-order valence-corrected chi connectivity index (χ2v) is 5.13. The van der Waals surface area contributed by atoms with Crippen molar-refractivity contribution in [2.75, 3.05) is 6.61 Å². The number of hydrogen-bond donors (Lipinski definition) is 2. The maximum absolute atomic E-state index is 12.4. The highest BCUT2D eigenvalue weighted by Crippen LogP contribution is 2.20. The Labute approximate surface area is 134 Å². The topological polar surface area (TPSA) is 79.4 Å². The van der Waals surface area contributed by atoms with Crippen molar-refractivity contribution in [1.29, 1.82) is 0 Å². The third-order valence-electron chi connectivity index (χ3n) is 3.48. The molecule has 1 heterocycles. The van der Waals surface area contributed by atoms with Gasteiger partial charge in [-0.3, -0.25) is 4.79 Å². The number of esters is 1. The molecule has 0 atom stereocenters. The number of aromatic amines is 1. The van der Waals surface area contributed by atoms with Crippen LogP contribution in [0.4, 0.5) is 0 Å². The van der Waals surface area contributed by atoms with Gasteiger partial charge < -0.3 is 14.8 Å². The highest BCUT2D eigenvalue weighted by Gasteiger charge is 2.21. The van der Waals surface area contributed by atoms with Crippen molar-refractivity contribution in [2.45, 2.75) is 20.8 Å². The van der Waals surface area contributed by atoms with Crippen molar-refractivity contribution >= 4 is 17.8 Å². The van der Waals surface area contributed by atoms with E-state index in [1.165, 1.54) is 6.08 Å². The van der Waals surface area contributed by atoms with Crippen molar-refractivity contribution in [1.82, 2.24) is 4.98 Å². The maximum atomic E-state index is 12.4. The summed E-state index contributed by atoms with van der Waals surface area (Å²) in [5.41, 5.74) is 2.80. The number of benzene rings is 1. The Morgan fingerprint density at radius 3 is 2.48 bits per heavy atom. The van der Waals surface area contributed by atoms with E-state index in [1.807, 2.05) is 0 Å². The van der Waals surface area contributed by atoms with Crippen LogP contribution in [-0.2, 0) is 4.74 Å². The first-order valence-corrected chi connectivity index (χ1v) is 7.31. The van der Waals surface area contributed by atoms with Gasteiger partial charge in [0.25, 0.3) is 0 Å². The Morgan fingerprint density at radius 2 is 1.87 bits per heavy atom. The summed E-state index contributed by atoms with van der Waals surface area (Å²) in [4.78, 5) is 27.2. The monoisotopic (exact) mass is 313 g/mol. The Hall–Kier alpha value is -2.82. The van der Waals surface area contributed by atoms with E-state index in [1.54, 1.807) is 51.1 Å². The lowest BCUT2D eigenvalue weighted by atomic mass is 10.0. The van der Waals surface area contributed by atoms with Crippen molar-refractivity contribution in [3.05, 3.63) is 58.4 Å². The zero-order valence-corrected chi connectivity index (χ0v) is 13.3. The van der Waals surface area contributed by atoms with E-state index < -0.39 is 5.97 Å². The highest BCUT2D eigenvalue weighted by molar-refractivity contribution is 6.10. The highest BCUT2D eigenvalue weighted by atomic mass is 16.5. The van der Waals surface area contributed by atoms with Crippen LogP contribution in [0.3, 0.4) is 0 Å². The average molecular weight is 313 g/mol. The normalized spacial score (nSPS) is 10.9. The van der Waals surface area contributed by atoms with Gasteiger partial charge in [-0.05, 0) is 50.1 Å². The van der Waals surface area contributed by atoms with E-state index >= 15 is 0 Å². The van der Waals surface area contributed by atoms with Gasteiger partial charge in [-0.2, -0.15) is 0 Å². The Morgan fingerprint density at radius 1 is 1.22 bits per heavy atom. The lowest BCUT2D eigenvalue weighted by Gasteiger charge is -2.01. The molecule has 0 unspecified atom stereocenters. The number of carbonyl (C=O) groups excluding carboxylic acids is 2. The predicted molar refractivity (Wildman–Crippen MR) is 87.7 cm³/mol. The van der Waals surface area contributed by atoms with E-state index in [0.29, 0.717) is 22.5 Å². The molecule has 5 nitrogen and oxygen atoms in total. The largest absolute Gasteiger partial charge is 0.508 e. The molecule has 2 aromatic rings. The van der Waals surface area contributed by atoms with E-state index in [2.05, 4.69) is 4.98 Å². The van der Waals surface area contributed by atoms with Crippen molar-refractivity contribution < 1.29 is 19.4 Å². The van der Waals surface area contributed by atoms with Gasteiger partial charge in [-0.1, -0.05) is 18.2 Å². The number of ether oxygens (including phenoxy) is 1. The zero-order chi connectivity index (χ0) is 17.0. The summed E-state index contributed by atoms with van der Waals surface area (Å²) in [6.07, 6.45) is 3.11. The fourth-order valence-electron chi connectivity index (χ4n) is 2.37. The van der Waals surface area contributed by atoms with Crippen molar-refractivity contribution in [2.24, 2.45) is 0 Å². The molecule has 2 rings (SSSR count). The number of ketones is 1. The summed E-state index contributed by atoms with van der Waals surface area (Å²) in [6.45, 7) is 5.48. The summed E-state index contributed by atoms with van der Waals surface area (Å²) in [6, 6.07) is 6.52. The summed E-state index contributed by atoms with van der Waals surface area (Å²) in [7, 11) is 0. The van der Waals surface area contributed by atoms with Gasteiger partial charge in [0.05, 0.1) is 6.61 Å². The minimum absolute atomic E-state index is 0.171. The molecule has 1 aromatic heterocycles. The van der Waals surface area contributed by atoms with Crippen LogP contribution < -0.4 is 0 Å². The fraction of sp³-hybridized carbons (Fsp3) is 0.222. The van der Waals surface area contributed by atoms with Crippen LogP contribution in [0.15, 0.2) is 30.3 Å². The molecule has 2 N–H and O–H groups in total. The summed E-state index contributed by atoms with van der Waals surface area (Å²) in [5, 5.41) is 9.24. The van der Waals surface area contributed by atoms with E-state index in [9.17, 15) is 14.7 Å². The van der Waals surface area contributed by atoms with Crippen LogP contribution in [0.1, 0.15) is 44.6 Å². The van der Waals surface area contributed by atoms with Crippen LogP contribution in [0.25, 0.3) is 6.08 Å². The van der Waals surface area contributed by atoms with Gasteiger partial charge in [-0.25, -0.2) is 4.79 Å². The number of aromatic nitrogens is 1. The van der Waals surface area contributed by atoms with Crippen LogP contribution in [-0.4, -0.2) is 28.4 Å². The Bertz CT molecular complexity index is 754. The third-order valence-corrected chi connectivity index (χ3v) is 3.48. The smallest absolute Gasteiger partial charge is 0.355 e. The van der Waals surface area contributed by atoms with Crippen molar-refractivity contribution in [3.63, 3.8) is 0 Å². The lowest BCUT2D eigenvalue weighted by Crippen LogP contribution is -2.07. The predicted octanol–water partition coefficient (Wildman–Crippen LogP) is 3.41. The lowest BCUT2D eigenvalue weighted by molar-refractivity contribution is 0.0519. The quantitative estimate of drug-likeness (QED) is 0.503. The first-order valence-electron chi connectivity index (χ1n) is 7.31. The van der Waals surface area contributed by atoms with Crippen LogP contribution in [0, 0.1) is 13.8 Å². The van der Waals surface area contributed by atoms with Gasteiger partial charge >= 0.3 is 5.97 Å². The molecule has 0 saturated heterocycles. The van der Waals surface area contributed by atoms with Crippen LogP contribution >= 0.6 is 0 Å². The number of aromatic hydroxyl groups is 1. The molecule has 0 amide bonds. The Balaban J connectivity index is 2.25. The molecule has 1 aromatic carbocycles. The number of carbonyl (C=O) groups is 2. The molecule has 5 heteroatoms. The average Bonchev–Trinajstić information content (AvgIpc) is 2.82. The number of allylic oxidation sites excluding steroid dienone is 1. The molecule has 0 spiro atoms. The third kappa shape index (κ3) is 3.69. The maximum Gasteiger partial charge on any atom is 0.355 e. The molecule has 0 bridgehead atoms. The molecule has 0 aliphatic heterocycles. The van der Waals surface area contributed by atoms with Gasteiger partial charge in [0.2, 0.25) is 0 Å². The van der Waals surface area contributed by atoms with Gasteiger partial charge in [0.1, 0.15) is 11.4 Å². The van der Waals surface area contributed by atoms with E-state index in [4.69, 9.17) is 4.74 Å². The van der Waals surface area contributed by atoms with Gasteiger partial charge in [0, 0.05) is 11.3 Å². The number of phenolic OH excluding ortho intramolecular Hbond substituents is 1. The second kappa shape index (κ2) is 6.96. The number of phenols is 1. The number of H-pyrrole nitrogens is 1. The molecular weight excluding hydrogens is 294 g/mol. The molecular formula is C18H19NO4. The summed E-state index contributed by atoms with van der Waals surface area (Å²) >= 11 is 0. The fourth-order valence-corrected chi connectivity index (χ4v) is 2.37.